The van der Waals surface area contributed by atoms with Crippen molar-refractivity contribution in [1.29, 1.82) is 0 Å². The second kappa shape index (κ2) is 9.28. The quantitative estimate of drug-likeness (QED) is 0.295. The number of unbranched alkanes of at least 4 members (excludes halogenated alkanes) is 1. The molecule has 1 aliphatic rings. The monoisotopic (exact) mass is 448 g/mol. The lowest BCUT2D eigenvalue weighted by molar-refractivity contribution is -0.145. The number of aromatic amines is 1. The van der Waals surface area contributed by atoms with Crippen molar-refractivity contribution in [2.75, 3.05) is 7.11 Å². The maximum Gasteiger partial charge on any atom is 0.329 e. The second-order valence-corrected chi connectivity index (χ2v) is 8.06. The zero-order chi connectivity index (χ0) is 23.5. The van der Waals surface area contributed by atoms with E-state index < -0.39 is 29.8 Å². The van der Waals surface area contributed by atoms with Crippen molar-refractivity contribution in [3.63, 3.8) is 0 Å². The van der Waals surface area contributed by atoms with Crippen LogP contribution < -0.4 is 0 Å². The summed E-state index contributed by atoms with van der Waals surface area (Å²) in [5.41, 5.74) is 3.25. The number of aliphatic carboxylic acids is 1. The summed E-state index contributed by atoms with van der Waals surface area (Å²) in [4.78, 5) is 53.5. The van der Waals surface area contributed by atoms with Crippen molar-refractivity contribution in [1.82, 2.24) is 9.88 Å². The van der Waals surface area contributed by atoms with E-state index in [0.29, 0.717) is 6.42 Å². The molecule has 2 N–H and O–H groups in total. The third-order valence-corrected chi connectivity index (χ3v) is 5.96. The van der Waals surface area contributed by atoms with Crippen LogP contribution in [0.4, 0.5) is 0 Å². The lowest BCUT2D eigenvalue weighted by Gasteiger charge is -2.23. The summed E-state index contributed by atoms with van der Waals surface area (Å²) in [6, 6.07) is 11.3. The Labute approximate surface area is 190 Å². The van der Waals surface area contributed by atoms with Gasteiger partial charge in [-0.1, -0.05) is 18.2 Å². The number of carboxylic acid groups (broad SMARTS) is 1. The number of benzene rings is 2. The number of rotatable bonds is 9. The number of methoxy groups -OCH3 is 1. The smallest absolute Gasteiger partial charge is 0.329 e. The minimum Gasteiger partial charge on any atom is -0.481 e. The number of fused-ring (bicyclic) bond motifs is 2. The minimum atomic E-state index is -1.10. The number of H-pyrrole nitrogens is 1. The summed E-state index contributed by atoms with van der Waals surface area (Å²) in [7, 11) is 1.23. The molecule has 33 heavy (non-hydrogen) atoms. The number of nitrogens with zero attached hydrogens (tertiary/aromatic N) is 1. The summed E-state index contributed by atoms with van der Waals surface area (Å²) >= 11 is 0. The fourth-order valence-corrected chi connectivity index (χ4v) is 4.27. The van der Waals surface area contributed by atoms with Crippen molar-refractivity contribution < 1.29 is 29.0 Å². The van der Waals surface area contributed by atoms with Crippen LogP contribution in [0.5, 0.6) is 0 Å². The Morgan fingerprint density at radius 1 is 1.06 bits per heavy atom. The number of carbonyl (C=O) groups excluding carboxylic acids is 3. The van der Waals surface area contributed by atoms with Gasteiger partial charge in [0.15, 0.2) is 0 Å². The van der Waals surface area contributed by atoms with Gasteiger partial charge in [-0.2, -0.15) is 0 Å². The highest BCUT2D eigenvalue weighted by atomic mass is 16.5. The first-order valence-electron chi connectivity index (χ1n) is 10.8. The molecule has 0 radical (unpaired) electrons. The Balaban J connectivity index is 1.60. The number of esters is 1. The average molecular weight is 448 g/mol. The van der Waals surface area contributed by atoms with Crippen LogP contribution >= 0.6 is 0 Å². The number of aryl methyl sites for hydroxylation is 1. The van der Waals surface area contributed by atoms with Gasteiger partial charge in [0, 0.05) is 29.9 Å². The lowest BCUT2D eigenvalue weighted by atomic mass is 10.00. The van der Waals surface area contributed by atoms with E-state index in [1.165, 1.54) is 7.11 Å². The number of amides is 2. The molecule has 8 heteroatoms. The molecule has 2 heterocycles. The standard InChI is InChI=1S/C25H24N2O6/c1-33-25(32)21(27-23(30)17-7-3-4-8-18(17)24(27)31)13-16-14-26-20-11-10-15(12-19(16)20)6-2-5-9-22(28)29/h3-4,7-8,10-12,14,21,26H,2,5-6,9,13H2,1H3,(H,28,29)/t21-/m0/s1. The first-order chi connectivity index (χ1) is 15.9. The van der Waals surface area contributed by atoms with Crippen LogP contribution in [0.25, 0.3) is 10.9 Å². The number of carboxylic acids is 1. The maximum absolute atomic E-state index is 13.0. The summed E-state index contributed by atoms with van der Waals surface area (Å²) in [5.74, 6) is -2.49. The van der Waals surface area contributed by atoms with Gasteiger partial charge in [0.25, 0.3) is 11.8 Å². The summed E-state index contributed by atoms with van der Waals surface area (Å²) in [6.45, 7) is 0. The van der Waals surface area contributed by atoms with Gasteiger partial charge in [0.1, 0.15) is 6.04 Å². The fourth-order valence-electron chi connectivity index (χ4n) is 4.27. The van der Waals surface area contributed by atoms with E-state index in [4.69, 9.17) is 9.84 Å². The molecule has 3 aromatic rings. The number of ether oxygens (including phenoxy) is 1. The molecule has 0 fully saturated rings. The summed E-state index contributed by atoms with van der Waals surface area (Å²) in [5, 5.41) is 9.69. The first-order valence-corrected chi connectivity index (χ1v) is 10.8. The predicted molar refractivity (Wildman–Crippen MR) is 120 cm³/mol. The van der Waals surface area contributed by atoms with E-state index in [2.05, 4.69) is 4.98 Å². The molecule has 8 nitrogen and oxygen atoms in total. The van der Waals surface area contributed by atoms with Gasteiger partial charge in [-0.15, -0.1) is 0 Å². The molecule has 0 saturated carbocycles. The van der Waals surface area contributed by atoms with E-state index in [0.717, 1.165) is 39.8 Å². The van der Waals surface area contributed by atoms with Crippen molar-refractivity contribution in [3.8, 4) is 0 Å². The van der Waals surface area contributed by atoms with Gasteiger partial charge in [0.05, 0.1) is 18.2 Å². The molecule has 0 saturated heterocycles. The Kier molecular flexibility index (Phi) is 6.26. The predicted octanol–water partition coefficient (Wildman–Crippen LogP) is 3.35. The fraction of sp³-hybridized carbons (Fsp3) is 0.280. The molecule has 1 aromatic heterocycles. The minimum absolute atomic E-state index is 0.112. The number of hydrogen-bond donors (Lipinski definition) is 2. The Morgan fingerprint density at radius 2 is 1.76 bits per heavy atom. The zero-order valence-corrected chi connectivity index (χ0v) is 18.2. The lowest BCUT2D eigenvalue weighted by Crippen LogP contribution is -2.46. The van der Waals surface area contributed by atoms with Crippen LogP contribution in [0.2, 0.25) is 0 Å². The highest BCUT2D eigenvalue weighted by molar-refractivity contribution is 6.22. The number of hydrogen-bond acceptors (Lipinski definition) is 5. The van der Waals surface area contributed by atoms with Gasteiger partial charge < -0.3 is 14.8 Å². The van der Waals surface area contributed by atoms with Crippen LogP contribution in [0.1, 0.15) is 51.1 Å². The van der Waals surface area contributed by atoms with E-state index in [1.807, 2.05) is 18.2 Å². The molecule has 170 valence electrons. The second-order valence-electron chi connectivity index (χ2n) is 8.06. The molecule has 4 rings (SSSR count). The molecule has 0 bridgehead atoms. The van der Waals surface area contributed by atoms with Gasteiger partial charge >= 0.3 is 11.9 Å². The molecule has 0 aliphatic carbocycles. The maximum atomic E-state index is 13.0. The molecule has 2 aromatic carbocycles. The highest BCUT2D eigenvalue weighted by Gasteiger charge is 2.43. The number of aromatic nitrogens is 1. The number of nitrogens with one attached hydrogen (secondary N) is 1. The van der Waals surface area contributed by atoms with E-state index in [9.17, 15) is 19.2 Å². The first kappa shape index (κ1) is 22.3. The van der Waals surface area contributed by atoms with Gasteiger partial charge in [-0.3, -0.25) is 19.3 Å². The number of carbonyl (C=O) groups is 4. The molecule has 0 unspecified atom stereocenters. The largest absolute Gasteiger partial charge is 0.481 e. The van der Waals surface area contributed by atoms with Crippen LogP contribution in [-0.2, 0) is 27.2 Å². The molecule has 1 aliphatic heterocycles. The average Bonchev–Trinajstić information content (AvgIpc) is 3.33. The Hall–Kier alpha value is -3.94. The topological polar surface area (TPSA) is 117 Å². The van der Waals surface area contributed by atoms with Gasteiger partial charge in [-0.25, -0.2) is 4.79 Å². The van der Waals surface area contributed by atoms with E-state index in [-0.39, 0.29) is 24.0 Å². The van der Waals surface area contributed by atoms with Crippen LogP contribution in [0, 0.1) is 0 Å². The van der Waals surface area contributed by atoms with Crippen LogP contribution in [-0.4, -0.2) is 51.9 Å². The van der Waals surface area contributed by atoms with Crippen molar-refractivity contribution in [3.05, 3.63) is 70.9 Å². The third-order valence-electron chi connectivity index (χ3n) is 5.96. The van der Waals surface area contributed by atoms with E-state index in [1.54, 1.807) is 30.5 Å². The van der Waals surface area contributed by atoms with Crippen LogP contribution in [0.15, 0.2) is 48.7 Å². The van der Waals surface area contributed by atoms with Gasteiger partial charge in [0.2, 0.25) is 0 Å². The molecule has 0 spiro atoms. The Morgan fingerprint density at radius 3 is 2.39 bits per heavy atom. The summed E-state index contributed by atoms with van der Waals surface area (Å²) in [6.07, 6.45) is 4.09. The molecule has 2 amide bonds. The van der Waals surface area contributed by atoms with Crippen molar-refractivity contribution in [2.45, 2.75) is 38.1 Å². The SMILES string of the molecule is COC(=O)[C@H](Cc1c[nH]c2ccc(CCCCC(=O)O)cc12)N1C(=O)c2ccccc2C1=O. The Bertz CT molecular complexity index is 1210. The molecule has 1 atom stereocenters. The zero-order valence-electron chi connectivity index (χ0n) is 18.2. The van der Waals surface area contributed by atoms with Gasteiger partial charge in [-0.05, 0) is 54.7 Å². The highest BCUT2D eigenvalue weighted by Crippen LogP contribution is 2.29. The number of imide groups is 1. The van der Waals surface area contributed by atoms with Crippen molar-refractivity contribution in [2.24, 2.45) is 0 Å². The normalized spacial score (nSPS) is 13.9. The molecular weight excluding hydrogens is 424 g/mol. The van der Waals surface area contributed by atoms with Crippen LogP contribution in [0.3, 0.4) is 0 Å². The molecular formula is C25H24N2O6. The third kappa shape index (κ3) is 4.37. The summed E-state index contributed by atoms with van der Waals surface area (Å²) < 4.78 is 4.95. The van der Waals surface area contributed by atoms with Crippen molar-refractivity contribution >= 4 is 34.7 Å². The van der Waals surface area contributed by atoms with E-state index >= 15 is 0 Å².